The molecule has 0 aromatic heterocycles. The first kappa shape index (κ1) is 24.0. The molecule has 1 amide bonds. The van der Waals surface area contributed by atoms with Crippen molar-refractivity contribution < 1.29 is 19.4 Å². The molecule has 0 spiro atoms. The lowest BCUT2D eigenvalue weighted by molar-refractivity contribution is -0.145. The second-order valence-electron chi connectivity index (χ2n) is 7.58. The molecule has 34 heavy (non-hydrogen) atoms. The largest absolute Gasteiger partial charge is 0.489 e. The van der Waals surface area contributed by atoms with Crippen molar-refractivity contribution in [2.45, 2.75) is 19.1 Å². The van der Waals surface area contributed by atoms with Crippen LogP contribution in [0.5, 0.6) is 5.75 Å². The number of rotatable bonds is 8. The van der Waals surface area contributed by atoms with Gasteiger partial charge in [-0.2, -0.15) is 0 Å². The van der Waals surface area contributed by atoms with Crippen molar-refractivity contribution in [3.63, 3.8) is 0 Å². The van der Waals surface area contributed by atoms with Gasteiger partial charge in [0.1, 0.15) is 22.7 Å². The van der Waals surface area contributed by atoms with Crippen LogP contribution in [0.2, 0.25) is 5.02 Å². The number of carboxylic acids is 1. The minimum atomic E-state index is -1.09. The number of carboxylic acid groups (broad SMARTS) is 1. The van der Waals surface area contributed by atoms with Gasteiger partial charge in [0.2, 0.25) is 0 Å². The summed E-state index contributed by atoms with van der Waals surface area (Å²) >= 11 is 12.5. The normalized spacial score (nSPS) is 15.6. The van der Waals surface area contributed by atoms with E-state index in [0.29, 0.717) is 22.3 Å². The van der Waals surface area contributed by atoms with Crippen LogP contribution in [0, 0.1) is 0 Å². The summed E-state index contributed by atoms with van der Waals surface area (Å²) in [6, 6.07) is 22.9. The Morgan fingerprint density at radius 3 is 2.44 bits per heavy atom. The highest BCUT2D eigenvalue weighted by Crippen LogP contribution is 2.35. The summed E-state index contributed by atoms with van der Waals surface area (Å²) in [4.78, 5) is 26.6. The Morgan fingerprint density at radius 1 is 1.06 bits per heavy atom. The highest BCUT2D eigenvalue weighted by molar-refractivity contribution is 8.26. The Labute approximate surface area is 212 Å². The van der Waals surface area contributed by atoms with Gasteiger partial charge in [0.05, 0.1) is 4.91 Å². The quantitative estimate of drug-likeness (QED) is 0.305. The molecule has 1 N–H and O–H groups in total. The maximum absolute atomic E-state index is 13.1. The Hall–Kier alpha value is -3.13. The van der Waals surface area contributed by atoms with Gasteiger partial charge in [0.15, 0.2) is 0 Å². The first-order valence-electron chi connectivity index (χ1n) is 10.4. The Kier molecular flexibility index (Phi) is 7.67. The summed E-state index contributed by atoms with van der Waals surface area (Å²) in [6.45, 7) is 0.385. The van der Waals surface area contributed by atoms with Gasteiger partial charge >= 0.3 is 5.97 Å². The van der Waals surface area contributed by atoms with E-state index in [1.807, 2.05) is 78.9 Å². The maximum Gasteiger partial charge on any atom is 0.327 e. The van der Waals surface area contributed by atoms with Crippen molar-refractivity contribution in [2.24, 2.45) is 0 Å². The second-order valence-corrected chi connectivity index (χ2v) is 9.70. The van der Waals surface area contributed by atoms with Crippen LogP contribution in [-0.4, -0.2) is 32.2 Å². The molecule has 1 saturated heterocycles. The second kappa shape index (κ2) is 10.9. The summed E-state index contributed by atoms with van der Waals surface area (Å²) in [6.07, 6.45) is 1.88. The number of carbonyl (C=O) groups is 2. The SMILES string of the molecule is O=C(O)[C@H](Cc1ccccc1)N1C(=O)/C(=C\c2ccc(OCc3cccc(Cl)c3)cc2)SC1=S. The van der Waals surface area contributed by atoms with E-state index in [9.17, 15) is 14.7 Å². The Morgan fingerprint density at radius 2 is 1.76 bits per heavy atom. The molecule has 0 bridgehead atoms. The topological polar surface area (TPSA) is 66.8 Å². The molecule has 3 aromatic rings. The summed E-state index contributed by atoms with van der Waals surface area (Å²) in [5, 5.41) is 10.4. The minimum absolute atomic E-state index is 0.175. The predicted molar refractivity (Wildman–Crippen MR) is 139 cm³/mol. The van der Waals surface area contributed by atoms with Gasteiger partial charge in [0, 0.05) is 11.4 Å². The smallest absolute Gasteiger partial charge is 0.327 e. The Bertz CT molecular complexity index is 1250. The highest BCUT2D eigenvalue weighted by Gasteiger charge is 2.40. The summed E-state index contributed by atoms with van der Waals surface area (Å²) in [5.74, 6) is -0.819. The lowest BCUT2D eigenvalue weighted by atomic mass is 10.0. The predicted octanol–water partition coefficient (Wildman–Crippen LogP) is 5.82. The van der Waals surface area contributed by atoms with Crippen LogP contribution >= 0.6 is 35.6 Å². The number of halogens is 1. The van der Waals surface area contributed by atoms with E-state index in [4.69, 9.17) is 28.6 Å². The third-order valence-electron chi connectivity index (χ3n) is 5.16. The zero-order chi connectivity index (χ0) is 24.1. The van der Waals surface area contributed by atoms with Gasteiger partial charge in [-0.15, -0.1) is 0 Å². The Balaban J connectivity index is 1.45. The minimum Gasteiger partial charge on any atom is -0.489 e. The first-order valence-corrected chi connectivity index (χ1v) is 12.0. The number of thiocarbonyl (C=S) groups is 1. The number of ether oxygens (including phenoxy) is 1. The lowest BCUT2D eigenvalue weighted by Gasteiger charge is -2.23. The molecule has 5 nitrogen and oxygen atoms in total. The van der Waals surface area contributed by atoms with Crippen molar-refractivity contribution in [2.75, 3.05) is 0 Å². The number of hydrogen-bond acceptors (Lipinski definition) is 5. The van der Waals surface area contributed by atoms with E-state index in [-0.39, 0.29) is 10.7 Å². The summed E-state index contributed by atoms with van der Waals surface area (Å²) in [5.41, 5.74) is 2.57. The third kappa shape index (κ3) is 5.86. The van der Waals surface area contributed by atoms with E-state index in [0.717, 1.165) is 28.5 Å². The van der Waals surface area contributed by atoms with Gasteiger partial charge in [-0.05, 0) is 47.0 Å². The fraction of sp³-hybridized carbons (Fsp3) is 0.115. The highest BCUT2D eigenvalue weighted by atomic mass is 35.5. The number of thioether (sulfide) groups is 1. The molecule has 0 radical (unpaired) electrons. The molecule has 0 unspecified atom stereocenters. The number of benzene rings is 3. The fourth-order valence-corrected chi connectivity index (χ4v) is 5.05. The average molecular weight is 510 g/mol. The van der Waals surface area contributed by atoms with Crippen LogP contribution in [0.25, 0.3) is 6.08 Å². The zero-order valence-electron chi connectivity index (χ0n) is 17.9. The van der Waals surface area contributed by atoms with E-state index >= 15 is 0 Å². The molecule has 1 atom stereocenters. The van der Waals surface area contributed by atoms with Gasteiger partial charge in [-0.3, -0.25) is 9.69 Å². The van der Waals surface area contributed by atoms with Crippen molar-refractivity contribution in [1.29, 1.82) is 0 Å². The van der Waals surface area contributed by atoms with Crippen LogP contribution in [0.3, 0.4) is 0 Å². The first-order chi connectivity index (χ1) is 16.4. The van der Waals surface area contributed by atoms with E-state index in [2.05, 4.69) is 0 Å². The van der Waals surface area contributed by atoms with Crippen LogP contribution in [0.4, 0.5) is 0 Å². The van der Waals surface area contributed by atoms with Crippen molar-refractivity contribution in [1.82, 2.24) is 4.90 Å². The zero-order valence-corrected chi connectivity index (χ0v) is 20.3. The van der Waals surface area contributed by atoms with E-state index < -0.39 is 17.9 Å². The van der Waals surface area contributed by atoms with E-state index in [1.54, 1.807) is 6.08 Å². The van der Waals surface area contributed by atoms with Crippen molar-refractivity contribution in [3.05, 3.63) is 105 Å². The fourth-order valence-electron chi connectivity index (χ4n) is 3.48. The number of aliphatic carboxylic acids is 1. The van der Waals surface area contributed by atoms with Gasteiger partial charge in [-0.1, -0.05) is 90.2 Å². The molecule has 1 fully saturated rings. The number of carbonyl (C=O) groups excluding carboxylic acids is 1. The molecular weight excluding hydrogens is 490 g/mol. The van der Waals surface area contributed by atoms with Gasteiger partial charge in [0.25, 0.3) is 5.91 Å². The molecule has 0 aliphatic carbocycles. The molecule has 8 heteroatoms. The van der Waals surface area contributed by atoms with E-state index in [1.165, 1.54) is 4.90 Å². The molecule has 1 aliphatic heterocycles. The van der Waals surface area contributed by atoms with Crippen molar-refractivity contribution in [3.8, 4) is 5.75 Å². The summed E-state index contributed by atoms with van der Waals surface area (Å²) in [7, 11) is 0. The van der Waals surface area contributed by atoms with Crippen molar-refractivity contribution >= 4 is 57.9 Å². The van der Waals surface area contributed by atoms with Crippen LogP contribution < -0.4 is 4.74 Å². The third-order valence-corrected chi connectivity index (χ3v) is 6.73. The van der Waals surface area contributed by atoms with Gasteiger partial charge < -0.3 is 9.84 Å². The molecule has 0 saturated carbocycles. The number of amides is 1. The van der Waals surface area contributed by atoms with Gasteiger partial charge in [-0.25, -0.2) is 4.79 Å². The monoisotopic (exact) mass is 509 g/mol. The molecule has 4 rings (SSSR count). The molecular formula is C26H20ClNO4S2. The van der Waals surface area contributed by atoms with Crippen LogP contribution in [0.15, 0.2) is 83.8 Å². The molecule has 1 aliphatic rings. The lowest BCUT2D eigenvalue weighted by Crippen LogP contribution is -2.45. The number of nitrogens with zero attached hydrogens (tertiary/aromatic N) is 1. The van der Waals surface area contributed by atoms with Crippen LogP contribution in [0.1, 0.15) is 16.7 Å². The molecule has 3 aromatic carbocycles. The summed E-state index contributed by atoms with van der Waals surface area (Å²) < 4.78 is 6.03. The molecule has 172 valence electrons. The standard InChI is InChI=1S/C26H20ClNO4S2/c27-20-8-4-7-19(13-20)16-32-21-11-9-18(10-12-21)15-23-24(29)28(26(33)34-23)22(25(30)31)14-17-5-2-1-3-6-17/h1-13,15,22H,14,16H2,(H,30,31)/b23-15+/t22-/m0/s1. The molecule has 1 heterocycles. The van der Waals surface area contributed by atoms with Crippen LogP contribution in [-0.2, 0) is 22.6 Å². The number of hydrogen-bond donors (Lipinski definition) is 1. The maximum atomic E-state index is 13.1. The average Bonchev–Trinajstić information content (AvgIpc) is 3.10.